The van der Waals surface area contributed by atoms with Gasteiger partial charge in [-0.05, 0) is 52.7 Å². The van der Waals surface area contributed by atoms with Crippen molar-refractivity contribution in [3.8, 4) is 0 Å². The third-order valence-electron chi connectivity index (χ3n) is 4.81. The van der Waals surface area contributed by atoms with E-state index in [0.29, 0.717) is 24.5 Å². The molecule has 0 radical (unpaired) electrons. The minimum Gasteiger partial charge on any atom is -0.465 e. The highest BCUT2D eigenvalue weighted by Gasteiger charge is 2.50. The van der Waals surface area contributed by atoms with Gasteiger partial charge in [0.05, 0.1) is 6.61 Å². The van der Waals surface area contributed by atoms with Gasteiger partial charge in [-0.25, -0.2) is 19.2 Å². The van der Waals surface area contributed by atoms with Crippen molar-refractivity contribution < 1.29 is 23.8 Å². The van der Waals surface area contributed by atoms with Crippen LogP contribution >= 0.6 is 27.7 Å². The van der Waals surface area contributed by atoms with Gasteiger partial charge in [-0.1, -0.05) is 11.8 Å². The number of carboxylic acid groups (broad SMARTS) is 1. The van der Waals surface area contributed by atoms with Gasteiger partial charge in [0.15, 0.2) is 10.9 Å². The lowest BCUT2D eigenvalue weighted by Gasteiger charge is -2.35. The van der Waals surface area contributed by atoms with Crippen molar-refractivity contribution in [2.45, 2.75) is 12.1 Å². The first-order valence-corrected chi connectivity index (χ1v) is 10.7. The number of aliphatic imine (C=N–C) groups is 1. The van der Waals surface area contributed by atoms with Crippen LogP contribution in [0.15, 0.2) is 46.0 Å². The number of nitrogens with one attached hydrogen (secondary N) is 2. The molecule has 2 atom stereocenters. The number of carbonyl (C=O) groups is 2. The van der Waals surface area contributed by atoms with Crippen molar-refractivity contribution in [2.24, 2.45) is 10.9 Å². The van der Waals surface area contributed by atoms with Gasteiger partial charge in [0, 0.05) is 33.6 Å². The van der Waals surface area contributed by atoms with Crippen LogP contribution in [-0.4, -0.2) is 39.6 Å². The predicted molar refractivity (Wildman–Crippen MR) is 113 cm³/mol. The summed E-state index contributed by atoms with van der Waals surface area (Å²) in [5.74, 6) is -0.599. The second-order valence-corrected chi connectivity index (χ2v) is 8.62. The molecule has 0 saturated carbocycles. The zero-order chi connectivity index (χ0) is 21.3. The standard InChI is InChI=1S/C19H16BrFN4O4S/c20-11-1-4-15(22-8-11)16(26)23-12-2-3-14(21)13(7-12)19-10(5-6-29-19)9-30-17(25-19)24-18(27)28/h1-4,7-8,10H,5-6,9H2,(H,23,26)(H,24,25)(H,27,28)/t10-,19+/m0/s1. The molecule has 2 aliphatic heterocycles. The number of rotatable bonds is 3. The van der Waals surface area contributed by atoms with Crippen LogP contribution in [0.1, 0.15) is 22.5 Å². The summed E-state index contributed by atoms with van der Waals surface area (Å²) < 4.78 is 21.5. The van der Waals surface area contributed by atoms with E-state index >= 15 is 0 Å². The monoisotopic (exact) mass is 494 g/mol. The molecule has 4 rings (SSSR count). The van der Waals surface area contributed by atoms with Crippen molar-refractivity contribution in [1.82, 2.24) is 10.3 Å². The Morgan fingerprint density at radius 1 is 1.30 bits per heavy atom. The van der Waals surface area contributed by atoms with E-state index < -0.39 is 23.5 Å². The average Bonchev–Trinajstić information content (AvgIpc) is 3.13. The molecule has 2 aromatic rings. The highest BCUT2D eigenvalue weighted by atomic mass is 79.9. The molecule has 0 aliphatic carbocycles. The van der Waals surface area contributed by atoms with E-state index in [4.69, 9.17) is 9.84 Å². The van der Waals surface area contributed by atoms with Crippen molar-refractivity contribution >= 4 is 50.5 Å². The minimum absolute atomic E-state index is 0.129. The summed E-state index contributed by atoms with van der Waals surface area (Å²) >= 11 is 4.52. The van der Waals surface area contributed by atoms with E-state index in [1.54, 1.807) is 12.1 Å². The molecule has 0 spiro atoms. The van der Waals surface area contributed by atoms with Crippen LogP contribution in [0.2, 0.25) is 0 Å². The molecule has 3 N–H and O–H groups in total. The van der Waals surface area contributed by atoms with Crippen LogP contribution in [0.3, 0.4) is 0 Å². The van der Waals surface area contributed by atoms with E-state index in [2.05, 4.69) is 36.5 Å². The maximum Gasteiger partial charge on any atom is 0.410 e. The molecular weight excluding hydrogens is 479 g/mol. The summed E-state index contributed by atoms with van der Waals surface area (Å²) in [7, 11) is 0. The van der Waals surface area contributed by atoms with Crippen LogP contribution < -0.4 is 10.6 Å². The molecule has 1 saturated heterocycles. The molecule has 1 fully saturated rings. The molecule has 1 aromatic heterocycles. The smallest absolute Gasteiger partial charge is 0.410 e. The lowest BCUT2D eigenvalue weighted by Crippen LogP contribution is -2.41. The maximum absolute atomic E-state index is 14.9. The third kappa shape index (κ3) is 4.05. The van der Waals surface area contributed by atoms with Gasteiger partial charge in [0.25, 0.3) is 5.91 Å². The second-order valence-electron chi connectivity index (χ2n) is 6.70. The van der Waals surface area contributed by atoms with Crippen molar-refractivity contribution in [1.29, 1.82) is 0 Å². The number of halogens is 2. The Hall–Kier alpha value is -2.50. The summed E-state index contributed by atoms with van der Waals surface area (Å²) in [5, 5.41) is 14.1. The van der Waals surface area contributed by atoms with Crippen LogP contribution in [0.4, 0.5) is 14.9 Å². The molecule has 1 aromatic carbocycles. The van der Waals surface area contributed by atoms with Gasteiger partial charge in [-0.2, -0.15) is 0 Å². The number of hydrogen-bond acceptors (Lipinski definition) is 6. The van der Waals surface area contributed by atoms with Crippen molar-refractivity contribution in [2.75, 3.05) is 17.7 Å². The van der Waals surface area contributed by atoms with E-state index in [1.165, 1.54) is 36.2 Å². The largest absolute Gasteiger partial charge is 0.465 e. The van der Waals surface area contributed by atoms with Gasteiger partial charge < -0.3 is 15.2 Å². The van der Waals surface area contributed by atoms with Gasteiger partial charge >= 0.3 is 6.09 Å². The van der Waals surface area contributed by atoms with Crippen molar-refractivity contribution in [3.63, 3.8) is 0 Å². The number of thioether (sulfide) groups is 1. The van der Waals surface area contributed by atoms with E-state index in [1.807, 2.05) is 0 Å². The topological polar surface area (TPSA) is 113 Å². The Balaban J connectivity index is 1.67. The summed E-state index contributed by atoms with van der Waals surface area (Å²) in [5.41, 5.74) is -0.635. The molecule has 2 amide bonds. The fourth-order valence-electron chi connectivity index (χ4n) is 3.45. The lowest BCUT2D eigenvalue weighted by molar-refractivity contribution is -0.0172. The first-order valence-electron chi connectivity index (χ1n) is 8.97. The number of amidine groups is 1. The molecule has 2 aliphatic rings. The van der Waals surface area contributed by atoms with Crippen LogP contribution in [-0.2, 0) is 10.5 Å². The summed E-state index contributed by atoms with van der Waals surface area (Å²) in [6.07, 6.45) is 0.915. The SMILES string of the molecule is O=C(O)NC1=N[C@@]2(c3cc(NC(=O)c4ccc(Br)cn4)ccc3F)OCC[C@H]2CS1. The van der Waals surface area contributed by atoms with E-state index in [-0.39, 0.29) is 22.3 Å². The summed E-state index contributed by atoms with van der Waals surface area (Å²) in [4.78, 5) is 32.0. The van der Waals surface area contributed by atoms with Gasteiger partial charge in [0.1, 0.15) is 11.5 Å². The quantitative estimate of drug-likeness (QED) is 0.598. The van der Waals surface area contributed by atoms with Crippen molar-refractivity contribution in [3.05, 3.63) is 58.1 Å². The first-order chi connectivity index (χ1) is 14.4. The molecule has 30 heavy (non-hydrogen) atoms. The van der Waals surface area contributed by atoms with Crippen LogP contribution in [0.5, 0.6) is 0 Å². The molecule has 8 nitrogen and oxygen atoms in total. The molecule has 0 bridgehead atoms. The number of benzene rings is 1. The number of pyridine rings is 1. The number of nitrogens with zero attached hydrogens (tertiary/aromatic N) is 2. The Morgan fingerprint density at radius 2 is 2.13 bits per heavy atom. The van der Waals surface area contributed by atoms with E-state index in [9.17, 15) is 14.0 Å². The number of fused-ring (bicyclic) bond motifs is 1. The highest BCUT2D eigenvalue weighted by molar-refractivity contribution is 9.10. The summed E-state index contributed by atoms with van der Waals surface area (Å²) in [6.45, 7) is 0.369. The molecule has 156 valence electrons. The number of amides is 2. The highest BCUT2D eigenvalue weighted by Crippen LogP contribution is 2.48. The zero-order valence-electron chi connectivity index (χ0n) is 15.4. The number of anilines is 1. The number of hydrogen-bond donors (Lipinski definition) is 3. The number of aromatic nitrogens is 1. The van der Waals surface area contributed by atoms with Gasteiger partial charge in [0.2, 0.25) is 0 Å². The van der Waals surface area contributed by atoms with Gasteiger partial charge in [-0.3, -0.25) is 10.1 Å². The number of ether oxygens (including phenoxy) is 1. The van der Waals surface area contributed by atoms with Crippen LogP contribution in [0.25, 0.3) is 0 Å². The third-order valence-corrected chi connectivity index (χ3v) is 6.32. The summed E-state index contributed by atoms with van der Waals surface area (Å²) in [6, 6.07) is 7.40. The van der Waals surface area contributed by atoms with Crippen LogP contribution in [0, 0.1) is 11.7 Å². The molecule has 11 heteroatoms. The predicted octanol–water partition coefficient (Wildman–Crippen LogP) is 3.80. The Bertz CT molecular complexity index is 1040. The molecule has 0 unspecified atom stereocenters. The fraction of sp³-hybridized carbons (Fsp3) is 0.263. The molecular formula is C19H16BrFN4O4S. The Kier molecular flexibility index (Phi) is 5.76. The first kappa shape index (κ1) is 20.8. The molecule has 3 heterocycles. The lowest BCUT2D eigenvalue weighted by atomic mass is 9.89. The normalized spacial score (nSPS) is 22.7. The van der Waals surface area contributed by atoms with Gasteiger partial charge in [-0.15, -0.1) is 0 Å². The second kappa shape index (κ2) is 8.32. The fourth-order valence-corrected chi connectivity index (χ4v) is 4.79. The average molecular weight is 495 g/mol. The Morgan fingerprint density at radius 3 is 2.87 bits per heavy atom. The number of carbonyl (C=O) groups excluding carboxylic acids is 1. The maximum atomic E-state index is 14.9. The zero-order valence-corrected chi connectivity index (χ0v) is 17.8. The van der Waals surface area contributed by atoms with E-state index in [0.717, 1.165) is 4.47 Å². The Labute approximate surface area is 183 Å². The minimum atomic E-state index is -1.34.